The van der Waals surface area contributed by atoms with E-state index < -0.39 is 5.60 Å². The summed E-state index contributed by atoms with van der Waals surface area (Å²) in [6.45, 7) is 2.40. The Labute approximate surface area is 131 Å². The van der Waals surface area contributed by atoms with Gasteiger partial charge in [0.05, 0.1) is 11.6 Å². The molecule has 3 rings (SSSR count). The smallest absolute Gasteiger partial charge is 0.0990 e. The summed E-state index contributed by atoms with van der Waals surface area (Å²) in [4.78, 5) is 0. The minimum atomic E-state index is -0.905. The molecule has 0 amide bonds. The lowest BCUT2D eigenvalue weighted by atomic mass is 9.89. The van der Waals surface area contributed by atoms with Gasteiger partial charge >= 0.3 is 0 Å². The van der Waals surface area contributed by atoms with E-state index in [9.17, 15) is 5.11 Å². The van der Waals surface area contributed by atoms with Crippen LogP contribution in [-0.2, 0) is 0 Å². The van der Waals surface area contributed by atoms with Crippen LogP contribution in [0.3, 0.4) is 0 Å². The molecule has 1 aromatic heterocycles. The molecule has 1 heterocycles. The van der Waals surface area contributed by atoms with Crippen molar-refractivity contribution in [2.45, 2.75) is 18.6 Å². The van der Waals surface area contributed by atoms with Gasteiger partial charge in [0.1, 0.15) is 0 Å². The van der Waals surface area contributed by atoms with Crippen molar-refractivity contribution in [3.63, 3.8) is 0 Å². The first-order valence-corrected chi connectivity index (χ1v) is 7.61. The van der Waals surface area contributed by atoms with Crippen molar-refractivity contribution in [1.82, 2.24) is 9.88 Å². The van der Waals surface area contributed by atoms with Crippen molar-refractivity contribution in [1.29, 1.82) is 0 Å². The summed E-state index contributed by atoms with van der Waals surface area (Å²) >= 11 is 0. The van der Waals surface area contributed by atoms with E-state index in [4.69, 9.17) is 0 Å². The Kier molecular flexibility index (Phi) is 4.01. The topological polar surface area (TPSA) is 37.2 Å². The summed E-state index contributed by atoms with van der Waals surface area (Å²) in [6.07, 6.45) is 2.06. The van der Waals surface area contributed by atoms with Gasteiger partial charge in [0, 0.05) is 18.3 Å². The fraction of sp³-hybridized carbons (Fsp3) is 0.263. The zero-order valence-electron chi connectivity index (χ0n) is 13.0. The van der Waals surface area contributed by atoms with E-state index in [-0.39, 0.29) is 6.04 Å². The van der Waals surface area contributed by atoms with Crippen molar-refractivity contribution in [3.8, 4) is 0 Å². The molecule has 0 saturated heterocycles. The number of likely N-dealkylation sites (N-methyl/N-ethyl adjacent to an activating group) is 1. The Bertz CT molecular complexity index is 746. The standard InChI is InChI=1S/C19H22N2O/c1-19(22,14-20-2)18(16-9-4-3-5-10-16)21-13-12-15-8-6-7-11-17(15)21/h3-13,18,20,22H,14H2,1-2H3. The molecule has 3 heteroatoms. The normalized spacial score (nSPS) is 15.6. The summed E-state index contributed by atoms with van der Waals surface area (Å²) < 4.78 is 2.17. The van der Waals surface area contributed by atoms with Crippen LogP contribution >= 0.6 is 0 Å². The maximum atomic E-state index is 11.1. The Morgan fingerprint density at radius 1 is 1.05 bits per heavy atom. The maximum Gasteiger partial charge on any atom is 0.0990 e. The van der Waals surface area contributed by atoms with Crippen molar-refractivity contribution < 1.29 is 5.11 Å². The van der Waals surface area contributed by atoms with Crippen LogP contribution < -0.4 is 5.32 Å². The first-order chi connectivity index (χ1) is 10.6. The quantitative estimate of drug-likeness (QED) is 0.758. The zero-order chi connectivity index (χ0) is 15.6. The predicted molar refractivity (Wildman–Crippen MR) is 91.1 cm³/mol. The van der Waals surface area contributed by atoms with Gasteiger partial charge in [0.2, 0.25) is 0 Å². The van der Waals surface area contributed by atoms with Crippen LogP contribution in [0.4, 0.5) is 0 Å². The average molecular weight is 294 g/mol. The molecule has 2 aromatic carbocycles. The second-order valence-corrected chi connectivity index (χ2v) is 5.98. The Hall–Kier alpha value is -2.10. The van der Waals surface area contributed by atoms with Gasteiger partial charge in [0.25, 0.3) is 0 Å². The van der Waals surface area contributed by atoms with E-state index in [1.54, 1.807) is 0 Å². The van der Waals surface area contributed by atoms with Gasteiger partial charge < -0.3 is 15.0 Å². The molecule has 2 atom stereocenters. The molecule has 114 valence electrons. The van der Waals surface area contributed by atoms with E-state index in [0.29, 0.717) is 6.54 Å². The van der Waals surface area contributed by atoms with Crippen molar-refractivity contribution in [2.75, 3.05) is 13.6 Å². The zero-order valence-corrected chi connectivity index (χ0v) is 13.0. The van der Waals surface area contributed by atoms with Crippen LogP contribution in [0.1, 0.15) is 18.5 Å². The lowest BCUT2D eigenvalue weighted by molar-refractivity contribution is 0.0238. The van der Waals surface area contributed by atoms with E-state index in [2.05, 4.69) is 46.4 Å². The molecular formula is C19H22N2O. The maximum absolute atomic E-state index is 11.1. The highest BCUT2D eigenvalue weighted by Gasteiger charge is 2.34. The number of hydrogen-bond donors (Lipinski definition) is 2. The van der Waals surface area contributed by atoms with Crippen molar-refractivity contribution >= 4 is 10.9 Å². The largest absolute Gasteiger partial charge is 0.386 e. The number of para-hydroxylation sites is 1. The molecule has 0 saturated carbocycles. The predicted octanol–water partition coefficient (Wildman–Crippen LogP) is 3.20. The average Bonchev–Trinajstić information content (AvgIpc) is 2.92. The number of aromatic nitrogens is 1. The number of hydrogen-bond acceptors (Lipinski definition) is 2. The highest BCUT2D eigenvalue weighted by Crippen LogP contribution is 2.33. The van der Waals surface area contributed by atoms with Gasteiger partial charge in [-0.05, 0) is 37.1 Å². The monoisotopic (exact) mass is 294 g/mol. The van der Waals surface area contributed by atoms with Crippen LogP contribution in [-0.4, -0.2) is 28.9 Å². The molecule has 2 unspecified atom stereocenters. The van der Waals surface area contributed by atoms with E-state index in [1.807, 2.05) is 44.3 Å². The molecule has 3 aromatic rings. The molecule has 3 nitrogen and oxygen atoms in total. The number of nitrogens with one attached hydrogen (secondary N) is 1. The van der Waals surface area contributed by atoms with E-state index in [1.165, 1.54) is 5.39 Å². The van der Waals surface area contributed by atoms with E-state index in [0.717, 1.165) is 11.1 Å². The highest BCUT2D eigenvalue weighted by molar-refractivity contribution is 5.80. The van der Waals surface area contributed by atoms with Crippen molar-refractivity contribution in [3.05, 3.63) is 72.4 Å². The highest BCUT2D eigenvalue weighted by atomic mass is 16.3. The van der Waals surface area contributed by atoms with Crippen LogP contribution in [0.25, 0.3) is 10.9 Å². The van der Waals surface area contributed by atoms with Gasteiger partial charge in [-0.1, -0.05) is 48.5 Å². The van der Waals surface area contributed by atoms with Gasteiger partial charge in [-0.25, -0.2) is 0 Å². The number of benzene rings is 2. The molecular weight excluding hydrogens is 272 g/mol. The molecule has 0 aliphatic rings. The molecule has 0 fully saturated rings. The second kappa shape index (κ2) is 5.95. The lowest BCUT2D eigenvalue weighted by Crippen LogP contribution is -2.44. The molecule has 22 heavy (non-hydrogen) atoms. The minimum absolute atomic E-state index is 0.152. The summed E-state index contributed by atoms with van der Waals surface area (Å²) in [5.74, 6) is 0. The summed E-state index contributed by atoms with van der Waals surface area (Å²) in [5, 5.41) is 15.4. The number of rotatable bonds is 5. The first kappa shape index (κ1) is 14.8. The van der Waals surface area contributed by atoms with Crippen LogP contribution in [0.5, 0.6) is 0 Å². The Morgan fingerprint density at radius 3 is 2.45 bits per heavy atom. The fourth-order valence-electron chi connectivity index (χ4n) is 3.24. The number of nitrogens with zero attached hydrogens (tertiary/aromatic N) is 1. The Morgan fingerprint density at radius 2 is 1.73 bits per heavy atom. The third-order valence-corrected chi connectivity index (χ3v) is 4.15. The third kappa shape index (κ3) is 2.65. The van der Waals surface area contributed by atoms with Gasteiger partial charge in [0.15, 0.2) is 0 Å². The summed E-state index contributed by atoms with van der Waals surface area (Å²) in [5.41, 5.74) is 1.33. The summed E-state index contributed by atoms with van der Waals surface area (Å²) in [6, 6.07) is 20.4. The van der Waals surface area contributed by atoms with Crippen LogP contribution in [0, 0.1) is 0 Å². The number of aliphatic hydroxyl groups is 1. The van der Waals surface area contributed by atoms with Gasteiger partial charge in [-0.2, -0.15) is 0 Å². The van der Waals surface area contributed by atoms with Gasteiger partial charge in [-0.15, -0.1) is 0 Å². The second-order valence-electron chi connectivity index (χ2n) is 5.98. The van der Waals surface area contributed by atoms with E-state index >= 15 is 0 Å². The third-order valence-electron chi connectivity index (χ3n) is 4.15. The molecule has 0 bridgehead atoms. The fourth-order valence-corrected chi connectivity index (χ4v) is 3.24. The minimum Gasteiger partial charge on any atom is -0.386 e. The first-order valence-electron chi connectivity index (χ1n) is 7.61. The summed E-state index contributed by atoms with van der Waals surface area (Å²) in [7, 11) is 1.87. The van der Waals surface area contributed by atoms with Crippen LogP contribution in [0.15, 0.2) is 66.9 Å². The lowest BCUT2D eigenvalue weighted by Gasteiger charge is -2.35. The van der Waals surface area contributed by atoms with Gasteiger partial charge in [-0.3, -0.25) is 0 Å². The number of fused-ring (bicyclic) bond motifs is 1. The SMILES string of the molecule is CNCC(C)(O)C(c1ccccc1)n1ccc2ccccc21. The Balaban J connectivity index is 2.17. The van der Waals surface area contributed by atoms with Crippen molar-refractivity contribution in [2.24, 2.45) is 0 Å². The molecule has 0 aliphatic carbocycles. The molecule has 0 radical (unpaired) electrons. The molecule has 2 N–H and O–H groups in total. The molecule has 0 aliphatic heterocycles. The van der Waals surface area contributed by atoms with Crippen LogP contribution in [0.2, 0.25) is 0 Å². The molecule has 0 spiro atoms.